The average molecular weight is 299 g/mol. The third-order valence-corrected chi connectivity index (χ3v) is 3.12. The van der Waals surface area contributed by atoms with Gasteiger partial charge in [0, 0.05) is 5.41 Å². The first-order chi connectivity index (χ1) is 9.77. The van der Waals surface area contributed by atoms with Crippen LogP contribution in [0.3, 0.4) is 0 Å². The Labute approximate surface area is 121 Å². The predicted octanol–water partition coefficient (Wildman–Crippen LogP) is 2.67. The molecular weight excluding hydrogens is 281 g/mol. The molecule has 0 heterocycles. The fourth-order valence-electron chi connectivity index (χ4n) is 1.71. The Morgan fingerprint density at radius 1 is 1.57 bits per heavy atom. The number of rotatable bonds is 7. The van der Waals surface area contributed by atoms with Crippen molar-refractivity contribution in [1.29, 1.82) is 0 Å². The molecule has 0 aliphatic carbocycles. The topological polar surface area (TPSA) is 111 Å². The van der Waals surface area contributed by atoms with Gasteiger partial charge >= 0.3 is 5.69 Å². The van der Waals surface area contributed by atoms with E-state index in [4.69, 9.17) is 15.7 Å². The van der Waals surface area contributed by atoms with E-state index in [1.54, 1.807) is 0 Å². The third-order valence-electron chi connectivity index (χ3n) is 3.12. The summed E-state index contributed by atoms with van der Waals surface area (Å²) in [5.74, 6) is -0.569. The number of ether oxygens (including phenoxy) is 1. The molecule has 0 atom stereocenters. The highest BCUT2D eigenvalue weighted by Crippen LogP contribution is 2.28. The number of hydrogen-bond donors (Lipinski definition) is 2. The zero-order chi connectivity index (χ0) is 16.0. The predicted molar refractivity (Wildman–Crippen MR) is 75.0 cm³/mol. The van der Waals surface area contributed by atoms with Gasteiger partial charge in [-0.25, -0.2) is 4.39 Å². The van der Waals surface area contributed by atoms with E-state index in [1.165, 1.54) is 6.07 Å². The largest absolute Gasteiger partial charge is 0.487 e. The Morgan fingerprint density at radius 2 is 2.24 bits per heavy atom. The second-order valence-corrected chi connectivity index (χ2v) is 5.19. The number of nitro benzene ring substituents is 1. The molecule has 0 saturated carbocycles. The fourth-order valence-corrected chi connectivity index (χ4v) is 1.71. The second-order valence-electron chi connectivity index (χ2n) is 5.19. The van der Waals surface area contributed by atoms with Crippen LogP contribution in [-0.2, 0) is 0 Å². The van der Waals surface area contributed by atoms with Crippen molar-refractivity contribution in [3.8, 4) is 5.75 Å². The molecule has 7 nitrogen and oxygen atoms in total. The Bertz CT molecular complexity index is 546. The van der Waals surface area contributed by atoms with Gasteiger partial charge in [-0.2, -0.15) is 0 Å². The van der Waals surface area contributed by atoms with E-state index in [0.717, 1.165) is 12.1 Å². The van der Waals surface area contributed by atoms with Gasteiger partial charge in [-0.3, -0.25) is 10.1 Å². The number of nitrogens with zero attached hydrogens (tertiary/aromatic N) is 2. The lowest BCUT2D eigenvalue weighted by atomic mass is 9.87. The molecule has 0 aliphatic rings. The molecule has 1 aromatic carbocycles. The fraction of sp³-hybridized carbons (Fsp3) is 0.462. The summed E-state index contributed by atoms with van der Waals surface area (Å²) >= 11 is 0. The molecule has 0 amide bonds. The van der Waals surface area contributed by atoms with Crippen LogP contribution in [0.15, 0.2) is 23.4 Å². The summed E-state index contributed by atoms with van der Waals surface area (Å²) in [5.41, 5.74) is 4.63. The maximum Gasteiger partial charge on any atom is 0.313 e. The van der Waals surface area contributed by atoms with Crippen molar-refractivity contribution in [2.24, 2.45) is 16.3 Å². The number of nitro groups is 1. The molecule has 0 unspecified atom stereocenters. The zero-order valence-electron chi connectivity index (χ0n) is 11.9. The lowest BCUT2D eigenvalue weighted by Crippen LogP contribution is -2.32. The van der Waals surface area contributed by atoms with Crippen molar-refractivity contribution in [3.63, 3.8) is 0 Å². The average Bonchev–Trinajstić information content (AvgIpc) is 2.43. The van der Waals surface area contributed by atoms with E-state index in [9.17, 15) is 14.5 Å². The van der Waals surface area contributed by atoms with Gasteiger partial charge in [0.2, 0.25) is 0 Å². The Hall–Kier alpha value is -2.38. The Balaban J connectivity index is 2.60. The van der Waals surface area contributed by atoms with Crippen LogP contribution in [0, 0.1) is 21.3 Å². The number of oxime groups is 1. The third kappa shape index (κ3) is 4.59. The summed E-state index contributed by atoms with van der Waals surface area (Å²) in [5, 5.41) is 22.4. The van der Waals surface area contributed by atoms with Gasteiger partial charge in [0.1, 0.15) is 11.7 Å². The van der Waals surface area contributed by atoms with Crippen LogP contribution in [0.2, 0.25) is 0 Å². The molecule has 3 N–H and O–H groups in total. The molecular formula is C13H18FN3O4. The summed E-state index contributed by atoms with van der Waals surface area (Å²) in [4.78, 5) is 10.1. The first-order valence-electron chi connectivity index (χ1n) is 6.32. The van der Waals surface area contributed by atoms with Gasteiger partial charge in [-0.15, -0.1) is 0 Å². The van der Waals surface area contributed by atoms with Crippen LogP contribution in [-0.4, -0.2) is 22.6 Å². The number of halogens is 1. The van der Waals surface area contributed by atoms with E-state index in [0.29, 0.717) is 12.8 Å². The lowest BCUT2D eigenvalue weighted by molar-refractivity contribution is -0.386. The molecule has 0 bridgehead atoms. The summed E-state index contributed by atoms with van der Waals surface area (Å²) in [6.45, 7) is 3.82. The van der Waals surface area contributed by atoms with E-state index in [-0.39, 0.29) is 18.2 Å². The molecule has 1 rings (SSSR count). The van der Waals surface area contributed by atoms with Gasteiger partial charge in [-0.05, 0) is 25.0 Å². The molecule has 0 aromatic heterocycles. The van der Waals surface area contributed by atoms with Crippen molar-refractivity contribution in [3.05, 3.63) is 34.1 Å². The van der Waals surface area contributed by atoms with Crippen molar-refractivity contribution < 1.29 is 19.3 Å². The monoisotopic (exact) mass is 299 g/mol. The highest BCUT2D eigenvalue weighted by atomic mass is 19.1. The summed E-state index contributed by atoms with van der Waals surface area (Å²) in [6.07, 6.45) is 1.11. The number of nitrogens with two attached hydrogens (primary N) is 1. The first-order valence-corrected chi connectivity index (χ1v) is 6.32. The molecule has 0 saturated heterocycles. The van der Waals surface area contributed by atoms with E-state index >= 15 is 0 Å². The van der Waals surface area contributed by atoms with Crippen LogP contribution in [0.25, 0.3) is 0 Å². The minimum Gasteiger partial charge on any atom is -0.487 e. The van der Waals surface area contributed by atoms with Crippen LogP contribution in [0.1, 0.15) is 26.7 Å². The van der Waals surface area contributed by atoms with Gasteiger partial charge in [0.15, 0.2) is 5.75 Å². The minimum atomic E-state index is -0.696. The summed E-state index contributed by atoms with van der Waals surface area (Å²) in [7, 11) is 0. The van der Waals surface area contributed by atoms with E-state index < -0.39 is 21.8 Å². The molecule has 0 aliphatic heterocycles. The zero-order valence-corrected chi connectivity index (χ0v) is 11.9. The van der Waals surface area contributed by atoms with Crippen molar-refractivity contribution >= 4 is 11.5 Å². The van der Waals surface area contributed by atoms with Gasteiger partial charge in [0.25, 0.3) is 0 Å². The van der Waals surface area contributed by atoms with Crippen LogP contribution in [0.5, 0.6) is 5.75 Å². The Kier molecular flexibility index (Phi) is 5.45. The molecule has 116 valence electrons. The van der Waals surface area contributed by atoms with E-state index in [1.807, 2.05) is 13.8 Å². The first kappa shape index (κ1) is 16.7. The summed E-state index contributed by atoms with van der Waals surface area (Å²) < 4.78 is 18.3. The van der Waals surface area contributed by atoms with Gasteiger partial charge < -0.3 is 15.7 Å². The standard InChI is InChI=1S/C13H18FN3O4/c1-13(2,12(15)16-18)6-3-7-21-11-5-4-9(14)8-10(11)17(19)20/h4-5,8,18H,3,6-7H2,1-2H3,(H2,15,16). The molecule has 1 aromatic rings. The molecule has 0 radical (unpaired) electrons. The number of benzene rings is 1. The van der Waals surface area contributed by atoms with Crippen molar-refractivity contribution in [2.45, 2.75) is 26.7 Å². The van der Waals surface area contributed by atoms with Crippen molar-refractivity contribution in [2.75, 3.05) is 6.61 Å². The van der Waals surface area contributed by atoms with Crippen molar-refractivity contribution in [1.82, 2.24) is 0 Å². The van der Waals surface area contributed by atoms with Gasteiger partial charge in [-0.1, -0.05) is 19.0 Å². The van der Waals surface area contributed by atoms with Gasteiger partial charge in [0.05, 0.1) is 17.6 Å². The maximum atomic E-state index is 13.0. The van der Waals surface area contributed by atoms with Crippen LogP contribution >= 0.6 is 0 Å². The van der Waals surface area contributed by atoms with Crippen LogP contribution < -0.4 is 10.5 Å². The highest BCUT2D eigenvalue weighted by molar-refractivity contribution is 5.85. The molecule has 8 heteroatoms. The lowest BCUT2D eigenvalue weighted by Gasteiger charge is -2.22. The number of hydrogen-bond acceptors (Lipinski definition) is 5. The molecule has 0 spiro atoms. The van der Waals surface area contributed by atoms with E-state index in [2.05, 4.69) is 5.16 Å². The van der Waals surface area contributed by atoms with Crippen LogP contribution in [0.4, 0.5) is 10.1 Å². The Morgan fingerprint density at radius 3 is 2.81 bits per heavy atom. The normalized spacial score (nSPS) is 12.2. The molecule has 0 fully saturated rings. The quantitative estimate of drug-likeness (QED) is 0.201. The highest BCUT2D eigenvalue weighted by Gasteiger charge is 2.23. The maximum absolute atomic E-state index is 13.0. The minimum absolute atomic E-state index is 0.0167. The number of amidine groups is 1. The SMILES string of the molecule is CC(C)(CCCOc1ccc(F)cc1[N+](=O)[O-])C(N)=NO. The smallest absolute Gasteiger partial charge is 0.313 e. The second kappa shape index (κ2) is 6.87. The molecule has 21 heavy (non-hydrogen) atoms. The summed E-state index contributed by atoms with van der Waals surface area (Å²) in [6, 6.07) is 3.14.